The fourth-order valence-corrected chi connectivity index (χ4v) is 6.36. The maximum atomic E-state index is 13.2. The number of anilines is 1. The molecule has 5 heterocycles. The quantitative estimate of drug-likeness (QED) is 0.185. The zero-order valence-electron chi connectivity index (χ0n) is 26.4. The van der Waals surface area contributed by atoms with Crippen LogP contribution in [0.2, 0.25) is 5.02 Å². The van der Waals surface area contributed by atoms with E-state index in [4.69, 9.17) is 21.3 Å². The summed E-state index contributed by atoms with van der Waals surface area (Å²) < 4.78 is 5.61. The van der Waals surface area contributed by atoms with Crippen molar-refractivity contribution in [3.05, 3.63) is 88.3 Å². The summed E-state index contributed by atoms with van der Waals surface area (Å²) in [5.74, 6) is 0.257. The lowest BCUT2D eigenvalue weighted by Gasteiger charge is -2.16. The highest BCUT2D eigenvalue weighted by Gasteiger charge is 2.22. The molecule has 0 saturated carbocycles. The van der Waals surface area contributed by atoms with Crippen molar-refractivity contribution in [3.8, 4) is 28.4 Å². The number of carbonyl (C=O) groups excluding carboxylic acids is 2. The van der Waals surface area contributed by atoms with Crippen LogP contribution < -0.4 is 20.7 Å². The number of aliphatic hydroxyl groups is 1. The second-order valence-electron chi connectivity index (χ2n) is 12.0. The van der Waals surface area contributed by atoms with Crippen LogP contribution in [-0.4, -0.2) is 75.7 Å². The van der Waals surface area contributed by atoms with Gasteiger partial charge in [-0.25, -0.2) is 4.98 Å². The van der Waals surface area contributed by atoms with Crippen LogP contribution in [0.4, 0.5) is 5.69 Å². The molecule has 0 radical (unpaired) electrons. The third-order valence-corrected chi connectivity index (χ3v) is 9.02. The summed E-state index contributed by atoms with van der Waals surface area (Å²) in [7, 11) is 1.58. The van der Waals surface area contributed by atoms with Crippen LogP contribution in [0.25, 0.3) is 22.5 Å². The summed E-state index contributed by atoms with van der Waals surface area (Å²) in [5.41, 5.74) is 6.30. The van der Waals surface area contributed by atoms with Gasteiger partial charge in [-0.15, -0.1) is 0 Å². The fourth-order valence-electron chi connectivity index (χ4n) is 6.05. The van der Waals surface area contributed by atoms with E-state index < -0.39 is 0 Å². The summed E-state index contributed by atoms with van der Waals surface area (Å²) in [6, 6.07) is 15.0. The number of methoxy groups -OCH3 is 1. The standard InChI is InChI=1S/C35H38ClN7O4/c1-21-26(4-3-5-28(21)41-34(46)30-9-6-22(16-39-30)19-43-15-13-25(44)20-43)33-32(36)27(12-14-38-33)29-10-7-23(35(42-29)47-2)17-37-18-24-8-11-31(45)40-24/h3-7,9-10,12,14,16,24-25,37,44H,8,11,13,15,17-20H2,1-2H3,(H,40,45)(H,41,46)/t24-,25-/m0/s1. The molecule has 0 bridgehead atoms. The maximum Gasteiger partial charge on any atom is 0.274 e. The summed E-state index contributed by atoms with van der Waals surface area (Å²) in [6.45, 7) is 5.31. The molecular formula is C35H38ClN7O4. The molecule has 0 unspecified atom stereocenters. The molecule has 2 aliphatic heterocycles. The van der Waals surface area contributed by atoms with Gasteiger partial charge in [-0.1, -0.05) is 35.9 Å². The molecule has 4 aromatic rings. The molecule has 2 fully saturated rings. The summed E-state index contributed by atoms with van der Waals surface area (Å²) in [4.78, 5) is 40.5. The highest BCUT2D eigenvalue weighted by molar-refractivity contribution is 6.35. The zero-order chi connectivity index (χ0) is 32.9. The van der Waals surface area contributed by atoms with Gasteiger partial charge in [0.05, 0.1) is 29.6 Å². The van der Waals surface area contributed by atoms with E-state index in [1.54, 1.807) is 25.6 Å². The van der Waals surface area contributed by atoms with Crippen LogP contribution in [-0.2, 0) is 17.9 Å². The first-order valence-corrected chi connectivity index (χ1v) is 16.1. The normalized spacial score (nSPS) is 17.9. The number of nitrogens with zero attached hydrogens (tertiary/aromatic N) is 4. The van der Waals surface area contributed by atoms with E-state index in [1.165, 1.54) is 0 Å². The van der Waals surface area contributed by atoms with Gasteiger partial charge in [-0.2, -0.15) is 0 Å². The minimum absolute atomic E-state index is 0.0931. The zero-order valence-corrected chi connectivity index (χ0v) is 27.2. The van der Waals surface area contributed by atoms with Gasteiger partial charge in [0.1, 0.15) is 5.69 Å². The Bertz CT molecular complexity index is 1770. The van der Waals surface area contributed by atoms with Gasteiger partial charge in [-0.05, 0) is 55.2 Å². The molecule has 47 heavy (non-hydrogen) atoms. The molecule has 12 heteroatoms. The van der Waals surface area contributed by atoms with Crippen molar-refractivity contribution >= 4 is 29.1 Å². The number of nitrogens with one attached hydrogen (secondary N) is 3. The number of aromatic nitrogens is 3. The second-order valence-corrected chi connectivity index (χ2v) is 12.4. The average Bonchev–Trinajstić information content (AvgIpc) is 3.69. The number of β-amino-alcohol motifs (C(OH)–C–C–N with tert-alkyl or cyclic N) is 1. The second kappa shape index (κ2) is 14.6. The van der Waals surface area contributed by atoms with Crippen LogP contribution in [0.15, 0.2) is 60.9 Å². The minimum atomic E-state index is -0.319. The average molecular weight is 656 g/mol. The van der Waals surface area contributed by atoms with Crippen molar-refractivity contribution in [2.45, 2.75) is 51.4 Å². The van der Waals surface area contributed by atoms with Crippen LogP contribution in [0.5, 0.6) is 5.88 Å². The molecule has 1 aromatic carbocycles. The first-order valence-electron chi connectivity index (χ1n) is 15.7. The smallest absolute Gasteiger partial charge is 0.274 e. The summed E-state index contributed by atoms with van der Waals surface area (Å²) >= 11 is 6.99. The molecule has 2 aliphatic rings. The van der Waals surface area contributed by atoms with E-state index >= 15 is 0 Å². The Hall–Kier alpha value is -4.42. The lowest BCUT2D eigenvalue weighted by molar-refractivity contribution is -0.119. The Morgan fingerprint density at radius 2 is 2.00 bits per heavy atom. The predicted molar refractivity (Wildman–Crippen MR) is 180 cm³/mol. The number of hydrogen-bond donors (Lipinski definition) is 4. The number of pyridine rings is 3. The number of benzene rings is 1. The molecule has 244 valence electrons. The first kappa shape index (κ1) is 32.5. The number of hydrogen-bond acceptors (Lipinski definition) is 9. The van der Waals surface area contributed by atoms with E-state index in [9.17, 15) is 14.7 Å². The van der Waals surface area contributed by atoms with E-state index in [1.807, 2.05) is 49.4 Å². The third-order valence-electron chi connectivity index (χ3n) is 8.64. The Kier molecular flexibility index (Phi) is 10.1. The first-order chi connectivity index (χ1) is 22.8. The molecule has 0 spiro atoms. The lowest BCUT2D eigenvalue weighted by Crippen LogP contribution is -2.35. The number of amides is 2. The summed E-state index contributed by atoms with van der Waals surface area (Å²) in [5, 5.41) is 19.5. The molecule has 11 nitrogen and oxygen atoms in total. The van der Waals surface area contributed by atoms with Crippen molar-refractivity contribution in [2.75, 3.05) is 32.1 Å². The lowest BCUT2D eigenvalue weighted by atomic mass is 10.0. The van der Waals surface area contributed by atoms with E-state index in [2.05, 4.69) is 30.8 Å². The van der Waals surface area contributed by atoms with Gasteiger partial charge in [0, 0.05) is 80.0 Å². The Morgan fingerprint density at radius 3 is 2.72 bits per heavy atom. The highest BCUT2D eigenvalue weighted by Crippen LogP contribution is 2.38. The fraction of sp³-hybridized carbons (Fsp3) is 0.343. The van der Waals surface area contributed by atoms with Crippen LogP contribution in [0.3, 0.4) is 0 Å². The number of aliphatic hydroxyl groups excluding tert-OH is 1. The molecule has 2 saturated heterocycles. The van der Waals surface area contributed by atoms with E-state index in [0.717, 1.165) is 41.6 Å². The summed E-state index contributed by atoms with van der Waals surface area (Å²) in [6.07, 6.45) is 5.29. The number of likely N-dealkylation sites (tertiary alicyclic amines) is 1. The van der Waals surface area contributed by atoms with Crippen molar-refractivity contribution in [3.63, 3.8) is 0 Å². The highest BCUT2D eigenvalue weighted by atomic mass is 35.5. The van der Waals surface area contributed by atoms with E-state index in [-0.39, 0.29) is 24.0 Å². The Morgan fingerprint density at radius 1 is 1.13 bits per heavy atom. The van der Waals surface area contributed by atoms with Gasteiger partial charge in [0.15, 0.2) is 0 Å². The molecule has 0 aliphatic carbocycles. The van der Waals surface area contributed by atoms with Crippen LogP contribution in [0.1, 0.15) is 46.4 Å². The molecule has 2 atom stereocenters. The monoisotopic (exact) mass is 655 g/mol. The molecular weight excluding hydrogens is 618 g/mol. The van der Waals surface area contributed by atoms with Crippen molar-refractivity contribution < 1.29 is 19.4 Å². The third kappa shape index (κ3) is 7.60. The van der Waals surface area contributed by atoms with Gasteiger partial charge < -0.3 is 25.8 Å². The van der Waals surface area contributed by atoms with Gasteiger partial charge in [0.25, 0.3) is 5.91 Å². The van der Waals surface area contributed by atoms with E-state index in [0.29, 0.717) is 71.8 Å². The van der Waals surface area contributed by atoms with Crippen LogP contribution in [0, 0.1) is 6.92 Å². The van der Waals surface area contributed by atoms with Gasteiger partial charge in [0.2, 0.25) is 11.8 Å². The van der Waals surface area contributed by atoms with Crippen molar-refractivity contribution in [1.82, 2.24) is 30.5 Å². The van der Waals surface area contributed by atoms with Gasteiger partial charge in [-0.3, -0.25) is 24.5 Å². The number of carbonyl (C=O) groups is 2. The molecule has 3 aromatic heterocycles. The number of halogens is 1. The van der Waals surface area contributed by atoms with Gasteiger partial charge >= 0.3 is 0 Å². The van der Waals surface area contributed by atoms with Crippen LogP contribution >= 0.6 is 11.6 Å². The Labute approximate surface area is 278 Å². The molecule has 2 amide bonds. The Balaban J connectivity index is 1.16. The molecule has 4 N–H and O–H groups in total. The minimum Gasteiger partial charge on any atom is -0.481 e. The largest absolute Gasteiger partial charge is 0.481 e. The number of rotatable bonds is 11. The maximum absolute atomic E-state index is 13.2. The SMILES string of the molecule is COc1nc(-c2ccnc(-c3cccc(NC(=O)c4ccc(CN5CC[C@H](O)C5)cn4)c3C)c2Cl)ccc1CNC[C@@H]1CCC(=O)N1. The predicted octanol–water partition coefficient (Wildman–Crippen LogP) is 4.36. The molecule has 6 rings (SSSR count). The van der Waals surface area contributed by atoms with Crippen molar-refractivity contribution in [2.24, 2.45) is 0 Å². The van der Waals surface area contributed by atoms with Crippen molar-refractivity contribution in [1.29, 1.82) is 0 Å². The topological polar surface area (TPSA) is 142 Å². The number of ether oxygens (including phenoxy) is 1.